The number of aryl methyl sites for hydroxylation is 1. The number of rotatable bonds is 4. The standard InChI is InChI=1S/C11H14N4O3/c1-3-4-14-9-8(12-6-13-9)10(17)15(11(14)18)5-7(2)16/h6H,3-5H2,1-2H3,(H,12,13). The van der Waals surface area contributed by atoms with Gasteiger partial charge in [0.15, 0.2) is 5.65 Å². The summed E-state index contributed by atoms with van der Waals surface area (Å²) in [5, 5.41) is 0. The summed E-state index contributed by atoms with van der Waals surface area (Å²) in [6.45, 7) is 3.51. The molecule has 2 aromatic rings. The lowest BCUT2D eigenvalue weighted by molar-refractivity contribution is -0.117. The predicted octanol–water partition coefficient (Wildman–Crippen LogP) is -0.115. The Hall–Kier alpha value is -2.18. The molecular weight excluding hydrogens is 236 g/mol. The number of aromatic nitrogens is 4. The van der Waals surface area contributed by atoms with Crippen molar-refractivity contribution in [2.24, 2.45) is 0 Å². The maximum absolute atomic E-state index is 12.1. The zero-order chi connectivity index (χ0) is 13.3. The Balaban J connectivity index is 2.82. The minimum atomic E-state index is -0.505. The van der Waals surface area contributed by atoms with Crippen LogP contribution in [0, 0.1) is 0 Å². The molecule has 0 aliphatic carbocycles. The highest BCUT2D eigenvalue weighted by Crippen LogP contribution is 2.02. The highest BCUT2D eigenvalue weighted by Gasteiger charge is 2.15. The van der Waals surface area contributed by atoms with Crippen LogP contribution in [0.4, 0.5) is 0 Å². The molecule has 0 atom stereocenters. The van der Waals surface area contributed by atoms with Gasteiger partial charge in [0.2, 0.25) is 0 Å². The van der Waals surface area contributed by atoms with E-state index in [0.717, 1.165) is 11.0 Å². The lowest BCUT2D eigenvalue weighted by Crippen LogP contribution is -2.41. The Kier molecular flexibility index (Phi) is 3.14. The van der Waals surface area contributed by atoms with Gasteiger partial charge in [-0.25, -0.2) is 9.78 Å². The molecule has 0 saturated carbocycles. The molecule has 2 rings (SSSR count). The molecule has 0 bridgehead atoms. The van der Waals surface area contributed by atoms with E-state index in [0.29, 0.717) is 12.2 Å². The van der Waals surface area contributed by atoms with Gasteiger partial charge in [-0.05, 0) is 13.3 Å². The summed E-state index contributed by atoms with van der Waals surface area (Å²) in [5.74, 6) is -0.240. The summed E-state index contributed by atoms with van der Waals surface area (Å²) in [7, 11) is 0. The van der Waals surface area contributed by atoms with Gasteiger partial charge in [0.1, 0.15) is 11.3 Å². The van der Waals surface area contributed by atoms with E-state index < -0.39 is 11.2 Å². The lowest BCUT2D eigenvalue weighted by atomic mass is 10.4. The summed E-state index contributed by atoms with van der Waals surface area (Å²) < 4.78 is 2.36. The van der Waals surface area contributed by atoms with E-state index in [-0.39, 0.29) is 17.8 Å². The van der Waals surface area contributed by atoms with Crippen molar-refractivity contribution in [1.29, 1.82) is 0 Å². The number of ketones is 1. The van der Waals surface area contributed by atoms with Gasteiger partial charge in [0.25, 0.3) is 5.56 Å². The Labute approximate surface area is 102 Å². The van der Waals surface area contributed by atoms with Gasteiger partial charge in [-0.3, -0.25) is 18.7 Å². The molecule has 0 unspecified atom stereocenters. The summed E-state index contributed by atoms with van der Waals surface area (Å²) in [6, 6.07) is 0. The van der Waals surface area contributed by atoms with Crippen molar-refractivity contribution in [2.75, 3.05) is 0 Å². The molecule has 0 aromatic carbocycles. The second-order valence-corrected chi connectivity index (χ2v) is 4.13. The monoisotopic (exact) mass is 250 g/mol. The quantitative estimate of drug-likeness (QED) is 0.819. The third kappa shape index (κ3) is 1.87. The van der Waals surface area contributed by atoms with Gasteiger partial charge in [0.05, 0.1) is 12.9 Å². The van der Waals surface area contributed by atoms with Crippen LogP contribution in [0.3, 0.4) is 0 Å². The van der Waals surface area contributed by atoms with Crippen LogP contribution in [-0.2, 0) is 17.9 Å². The van der Waals surface area contributed by atoms with Crippen LogP contribution in [-0.4, -0.2) is 24.9 Å². The van der Waals surface area contributed by atoms with E-state index in [9.17, 15) is 14.4 Å². The van der Waals surface area contributed by atoms with Crippen LogP contribution in [0.2, 0.25) is 0 Å². The van der Waals surface area contributed by atoms with Crippen molar-refractivity contribution in [3.05, 3.63) is 27.2 Å². The van der Waals surface area contributed by atoms with Crippen molar-refractivity contribution in [1.82, 2.24) is 19.1 Å². The molecule has 7 nitrogen and oxygen atoms in total. The van der Waals surface area contributed by atoms with Crippen molar-refractivity contribution in [3.8, 4) is 0 Å². The number of Topliss-reactive ketones (excluding diaryl/α,β-unsaturated/α-hetero) is 1. The van der Waals surface area contributed by atoms with Gasteiger partial charge >= 0.3 is 5.69 Å². The maximum Gasteiger partial charge on any atom is 0.333 e. The molecule has 0 aliphatic rings. The van der Waals surface area contributed by atoms with Gasteiger partial charge in [-0.2, -0.15) is 0 Å². The first kappa shape index (κ1) is 12.3. The van der Waals surface area contributed by atoms with Crippen molar-refractivity contribution >= 4 is 16.9 Å². The molecule has 2 aromatic heterocycles. The Morgan fingerprint density at radius 3 is 2.72 bits per heavy atom. The fraction of sp³-hybridized carbons (Fsp3) is 0.455. The van der Waals surface area contributed by atoms with Crippen LogP contribution in [0.15, 0.2) is 15.9 Å². The number of fused-ring (bicyclic) bond motifs is 1. The molecular formula is C11H14N4O3. The number of nitrogens with one attached hydrogen (secondary N) is 1. The fourth-order valence-corrected chi connectivity index (χ4v) is 1.89. The first-order valence-corrected chi connectivity index (χ1v) is 5.72. The van der Waals surface area contributed by atoms with Crippen molar-refractivity contribution in [2.45, 2.75) is 33.4 Å². The summed E-state index contributed by atoms with van der Waals surface area (Å²) in [5.41, 5.74) is -0.400. The molecule has 0 fully saturated rings. The number of H-pyrrole nitrogens is 1. The second-order valence-electron chi connectivity index (χ2n) is 4.13. The van der Waals surface area contributed by atoms with Crippen LogP contribution >= 0.6 is 0 Å². The van der Waals surface area contributed by atoms with Gasteiger partial charge in [0, 0.05) is 6.54 Å². The average molecular weight is 250 g/mol. The number of aromatic amines is 1. The zero-order valence-corrected chi connectivity index (χ0v) is 10.3. The Morgan fingerprint density at radius 1 is 1.39 bits per heavy atom. The smallest absolute Gasteiger partial charge is 0.333 e. The summed E-state index contributed by atoms with van der Waals surface area (Å²) >= 11 is 0. The predicted molar refractivity (Wildman–Crippen MR) is 65.6 cm³/mol. The van der Waals surface area contributed by atoms with Crippen molar-refractivity contribution in [3.63, 3.8) is 0 Å². The molecule has 0 radical (unpaired) electrons. The number of imidazole rings is 1. The highest BCUT2D eigenvalue weighted by atomic mass is 16.2. The highest BCUT2D eigenvalue weighted by molar-refractivity contribution is 5.76. The zero-order valence-electron chi connectivity index (χ0n) is 10.3. The van der Waals surface area contributed by atoms with Crippen LogP contribution < -0.4 is 11.2 Å². The number of hydrogen-bond acceptors (Lipinski definition) is 4. The molecule has 0 spiro atoms. The van der Waals surface area contributed by atoms with E-state index in [1.165, 1.54) is 17.8 Å². The normalized spacial score (nSPS) is 11.0. The topological polar surface area (TPSA) is 89.8 Å². The number of hydrogen-bond donors (Lipinski definition) is 1. The SMILES string of the molecule is CCCn1c(=O)n(CC(C)=O)c(=O)c2[nH]cnc21. The van der Waals surface area contributed by atoms with Gasteiger partial charge in [-0.15, -0.1) is 0 Å². The largest absolute Gasteiger partial charge is 0.339 e. The van der Waals surface area contributed by atoms with Gasteiger partial charge < -0.3 is 4.98 Å². The number of nitrogens with zero attached hydrogens (tertiary/aromatic N) is 3. The number of carbonyl (C=O) groups excluding carboxylic acids is 1. The fourth-order valence-electron chi connectivity index (χ4n) is 1.89. The number of carbonyl (C=O) groups is 1. The molecule has 0 amide bonds. The molecule has 7 heteroatoms. The molecule has 1 N–H and O–H groups in total. The third-order valence-electron chi connectivity index (χ3n) is 2.62. The molecule has 2 heterocycles. The summed E-state index contributed by atoms with van der Waals surface area (Å²) in [6.07, 6.45) is 2.11. The Morgan fingerprint density at radius 2 is 2.11 bits per heavy atom. The van der Waals surface area contributed by atoms with E-state index in [1.54, 1.807) is 0 Å². The lowest BCUT2D eigenvalue weighted by Gasteiger charge is -2.08. The molecule has 0 saturated heterocycles. The first-order valence-electron chi connectivity index (χ1n) is 5.72. The Bertz CT molecular complexity index is 707. The van der Waals surface area contributed by atoms with Crippen LogP contribution in [0.1, 0.15) is 20.3 Å². The second kappa shape index (κ2) is 4.59. The van der Waals surface area contributed by atoms with Gasteiger partial charge in [-0.1, -0.05) is 6.92 Å². The van der Waals surface area contributed by atoms with Crippen LogP contribution in [0.25, 0.3) is 11.2 Å². The first-order chi connectivity index (χ1) is 8.56. The van der Waals surface area contributed by atoms with E-state index >= 15 is 0 Å². The minimum absolute atomic E-state index is 0.212. The minimum Gasteiger partial charge on any atom is -0.339 e. The third-order valence-corrected chi connectivity index (χ3v) is 2.62. The molecule has 96 valence electrons. The molecule has 0 aliphatic heterocycles. The molecule has 18 heavy (non-hydrogen) atoms. The maximum atomic E-state index is 12.1. The van der Waals surface area contributed by atoms with E-state index in [1.807, 2.05) is 6.92 Å². The average Bonchev–Trinajstić information content (AvgIpc) is 2.79. The van der Waals surface area contributed by atoms with Crippen LogP contribution in [0.5, 0.6) is 0 Å². The van der Waals surface area contributed by atoms with E-state index in [2.05, 4.69) is 9.97 Å². The van der Waals surface area contributed by atoms with E-state index in [4.69, 9.17) is 0 Å². The summed E-state index contributed by atoms with van der Waals surface area (Å²) in [4.78, 5) is 42.0. The van der Waals surface area contributed by atoms with Crippen molar-refractivity contribution < 1.29 is 4.79 Å².